The van der Waals surface area contributed by atoms with Crippen molar-refractivity contribution in [2.75, 3.05) is 0 Å². The van der Waals surface area contributed by atoms with Crippen molar-refractivity contribution >= 4 is 11.6 Å². The second-order valence-electron chi connectivity index (χ2n) is 8.96. The maximum atomic E-state index is 14.0. The molecule has 1 aromatic rings. The van der Waals surface area contributed by atoms with Crippen molar-refractivity contribution < 1.29 is 4.39 Å². The van der Waals surface area contributed by atoms with Crippen LogP contribution in [0.1, 0.15) is 57.9 Å². The average Bonchev–Trinajstić information content (AvgIpc) is 2.33. The Labute approximate surface area is 137 Å². The fraction of sp³-hybridized carbons (Fsp3) is 0.684. The first kappa shape index (κ1) is 15.0. The average molecular weight is 322 g/mol. The van der Waals surface area contributed by atoms with Gasteiger partial charge in [-0.05, 0) is 67.4 Å². The predicted molar refractivity (Wildman–Crippen MR) is 88.4 cm³/mol. The van der Waals surface area contributed by atoms with E-state index in [1.807, 2.05) is 0 Å². The molecule has 3 heteroatoms. The third-order valence-corrected chi connectivity index (χ3v) is 6.68. The molecule has 0 aliphatic heterocycles. The lowest BCUT2D eigenvalue weighted by atomic mass is 9.43. The molecule has 4 aliphatic carbocycles. The largest absolute Gasteiger partial charge is 0.307 e. The Kier molecular flexibility index (Phi) is 3.20. The molecule has 0 saturated heterocycles. The summed E-state index contributed by atoms with van der Waals surface area (Å²) in [5.41, 5.74) is 1.75. The molecule has 4 aliphatic rings. The fourth-order valence-electron chi connectivity index (χ4n) is 6.62. The molecule has 0 spiro atoms. The van der Waals surface area contributed by atoms with E-state index in [4.69, 9.17) is 11.6 Å². The van der Waals surface area contributed by atoms with Crippen LogP contribution >= 0.6 is 11.6 Å². The zero-order valence-corrected chi connectivity index (χ0v) is 14.3. The molecular weight excluding hydrogens is 297 g/mol. The smallest absolute Gasteiger partial charge is 0.129 e. The second-order valence-corrected chi connectivity index (χ2v) is 9.37. The molecule has 2 unspecified atom stereocenters. The van der Waals surface area contributed by atoms with Crippen molar-refractivity contribution in [2.24, 2.45) is 16.7 Å². The number of rotatable bonds is 3. The zero-order chi connectivity index (χ0) is 15.6. The van der Waals surface area contributed by atoms with Crippen LogP contribution in [0.2, 0.25) is 5.02 Å². The standard InChI is InChI=1S/C19H25ClFN/c1-17-6-13-7-18(2,10-17)12-19(8-13,11-17)22-9-14-15(20)4-3-5-16(14)21/h3-5,13,22H,6-12H2,1-2H3/t13?,17-,18+,19?. The van der Waals surface area contributed by atoms with Crippen molar-refractivity contribution in [2.45, 2.75) is 64.5 Å². The molecule has 22 heavy (non-hydrogen) atoms. The van der Waals surface area contributed by atoms with Gasteiger partial charge in [-0.25, -0.2) is 4.39 Å². The normalized spacial score (nSPS) is 42.8. The molecular formula is C19H25ClFN. The molecule has 5 rings (SSSR count). The van der Waals surface area contributed by atoms with Gasteiger partial charge in [0.2, 0.25) is 0 Å². The molecule has 0 heterocycles. The first-order chi connectivity index (χ1) is 10.3. The Morgan fingerprint density at radius 3 is 2.41 bits per heavy atom. The van der Waals surface area contributed by atoms with E-state index in [-0.39, 0.29) is 11.4 Å². The van der Waals surface area contributed by atoms with Gasteiger partial charge in [0.1, 0.15) is 5.82 Å². The van der Waals surface area contributed by atoms with Gasteiger partial charge in [-0.1, -0.05) is 31.5 Å². The Morgan fingerprint density at radius 1 is 1.14 bits per heavy atom. The number of hydrogen-bond acceptors (Lipinski definition) is 1. The van der Waals surface area contributed by atoms with Crippen LogP contribution in [-0.2, 0) is 6.54 Å². The molecule has 120 valence electrons. The Hall–Kier alpha value is -0.600. The molecule has 0 amide bonds. The Morgan fingerprint density at radius 2 is 1.82 bits per heavy atom. The lowest BCUT2D eigenvalue weighted by molar-refractivity contribution is -0.118. The minimum absolute atomic E-state index is 0.189. The summed E-state index contributed by atoms with van der Waals surface area (Å²) in [6, 6.07) is 4.96. The van der Waals surface area contributed by atoms with Gasteiger partial charge in [-0.3, -0.25) is 0 Å². The van der Waals surface area contributed by atoms with Crippen LogP contribution in [0.4, 0.5) is 4.39 Å². The highest BCUT2D eigenvalue weighted by Gasteiger charge is 2.59. The summed E-state index contributed by atoms with van der Waals surface area (Å²) < 4.78 is 14.0. The van der Waals surface area contributed by atoms with Crippen molar-refractivity contribution in [3.8, 4) is 0 Å². The SMILES string of the molecule is C[C@]12CC3CC(NCc4c(F)cccc4Cl)(C1)C[C@@](C)(C3)C2. The summed E-state index contributed by atoms with van der Waals surface area (Å²) in [7, 11) is 0. The van der Waals surface area contributed by atoms with E-state index in [1.54, 1.807) is 12.1 Å². The summed E-state index contributed by atoms with van der Waals surface area (Å²) in [5.74, 6) is 0.650. The monoisotopic (exact) mass is 321 g/mol. The minimum Gasteiger partial charge on any atom is -0.307 e. The topological polar surface area (TPSA) is 12.0 Å². The van der Waals surface area contributed by atoms with Gasteiger partial charge in [0.25, 0.3) is 0 Å². The predicted octanol–water partition coefficient (Wildman–Crippen LogP) is 5.32. The highest BCUT2D eigenvalue weighted by atomic mass is 35.5. The second kappa shape index (κ2) is 4.70. The number of halogens is 2. The third kappa shape index (κ3) is 2.39. The van der Waals surface area contributed by atoms with E-state index in [0.29, 0.717) is 28.0 Å². The lowest BCUT2D eigenvalue weighted by Crippen LogP contribution is -2.63. The van der Waals surface area contributed by atoms with E-state index in [2.05, 4.69) is 19.2 Å². The van der Waals surface area contributed by atoms with Crippen LogP contribution in [0.25, 0.3) is 0 Å². The zero-order valence-electron chi connectivity index (χ0n) is 13.5. The lowest BCUT2D eigenvalue weighted by Gasteiger charge is -2.65. The molecule has 1 nitrogen and oxygen atoms in total. The minimum atomic E-state index is -0.192. The van der Waals surface area contributed by atoms with Gasteiger partial charge in [0.05, 0.1) is 0 Å². The molecule has 1 N–H and O–H groups in total. The molecule has 0 aromatic heterocycles. The van der Waals surface area contributed by atoms with Crippen LogP contribution in [-0.4, -0.2) is 5.54 Å². The van der Waals surface area contributed by atoms with Crippen LogP contribution < -0.4 is 5.32 Å². The highest BCUT2D eigenvalue weighted by Crippen LogP contribution is 2.66. The summed E-state index contributed by atoms with van der Waals surface area (Å²) >= 11 is 6.19. The summed E-state index contributed by atoms with van der Waals surface area (Å²) in [5, 5.41) is 4.29. The van der Waals surface area contributed by atoms with Crippen molar-refractivity contribution in [3.63, 3.8) is 0 Å². The van der Waals surface area contributed by atoms with Gasteiger partial charge in [-0.15, -0.1) is 0 Å². The molecule has 4 fully saturated rings. The highest BCUT2D eigenvalue weighted by molar-refractivity contribution is 6.31. The van der Waals surface area contributed by atoms with Crippen LogP contribution in [0, 0.1) is 22.6 Å². The van der Waals surface area contributed by atoms with Crippen LogP contribution in [0.3, 0.4) is 0 Å². The Bertz CT molecular complexity index is 575. The first-order valence-corrected chi connectivity index (χ1v) is 8.86. The van der Waals surface area contributed by atoms with E-state index in [0.717, 1.165) is 5.92 Å². The molecule has 4 saturated carbocycles. The van der Waals surface area contributed by atoms with Crippen LogP contribution in [0.5, 0.6) is 0 Å². The van der Waals surface area contributed by atoms with Crippen LogP contribution in [0.15, 0.2) is 18.2 Å². The molecule has 0 radical (unpaired) electrons. The quantitative estimate of drug-likeness (QED) is 0.794. The van der Waals surface area contributed by atoms with Crippen molar-refractivity contribution in [1.29, 1.82) is 0 Å². The van der Waals surface area contributed by atoms with E-state index in [1.165, 1.54) is 44.6 Å². The Balaban J connectivity index is 1.58. The van der Waals surface area contributed by atoms with Crippen molar-refractivity contribution in [3.05, 3.63) is 34.6 Å². The molecule has 4 bridgehead atoms. The fourth-order valence-corrected chi connectivity index (χ4v) is 6.85. The molecule has 1 aromatic carbocycles. The number of nitrogens with one attached hydrogen (secondary N) is 1. The number of benzene rings is 1. The summed E-state index contributed by atoms with van der Waals surface area (Å²) in [6.07, 6.45) is 7.85. The van der Waals surface area contributed by atoms with E-state index >= 15 is 0 Å². The molecule has 4 atom stereocenters. The van der Waals surface area contributed by atoms with Gasteiger partial charge >= 0.3 is 0 Å². The summed E-state index contributed by atoms with van der Waals surface area (Å²) in [6.45, 7) is 5.47. The third-order valence-electron chi connectivity index (χ3n) is 6.33. The first-order valence-electron chi connectivity index (χ1n) is 8.49. The van der Waals surface area contributed by atoms with E-state index < -0.39 is 0 Å². The van der Waals surface area contributed by atoms with E-state index in [9.17, 15) is 4.39 Å². The van der Waals surface area contributed by atoms with Gasteiger partial charge in [0, 0.05) is 22.7 Å². The number of hydrogen-bond donors (Lipinski definition) is 1. The maximum Gasteiger partial charge on any atom is 0.129 e. The maximum absolute atomic E-state index is 14.0. The van der Waals surface area contributed by atoms with Gasteiger partial charge in [0.15, 0.2) is 0 Å². The van der Waals surface area contributed by atoms with Gasteiger partial charge < -0.3 is 5.32 Å². The van der Waals surface area contributed by atoms with Gasteiger partial charge in [-0.2, -0.15) is 0 Å². The summed E-state index contributed by atoms with van der Waals surface area (Å²) in [4.78, 5) is 0. The van der Waals surface area contributed by atoms with Crippen molar-refractivity contribution in [1.82, 2.24) is 5.32 Å².